The minimum absolute atomic E-state index is 0.505. The average molecular weight is 484 g/mol. The Hall–Kier alpha value is -0.120. The largest absolute Gasteiger partial charge is 0.378 e. The maximum atomic E-state index is 10.1. The minimum Gasteiger partial charge on any atom is -0.378 e. The smallest absolute Gasteiger partial charge is 0.109 e. The predicted octanol–water partition coefficient (Wildman–Crippen LogP) is 9.74. The molecule has 206 valence electrons. The summed E-state index contributed by atoms with van der Waals surface area (Å²) in [5.41, 5.74) is 0. The molecular weight excluding hydrogens is 418 g/mol. The first-order valence-electron chi connectivity index (χ1n) is 15.8. The topological polar surface area (TPSA) is 43.7 Å². The van der Waals surface area contributed by atoms with Crippen LogP contribution in [0.25, 0.3) is 0 Å². The number of hydrogen-bond acceptors (Lipinski definition) is 3. The second-order valence-electron chi connectivity index (χ2n) is 10.8. The number of aliphatic hydroxyl groups is 2. The number of rotatable bonds is 28. The van der Waals surface area contributed by atoms with Crippen molar-refractivity contribution >= 4 is 0 Å². The van der Waals surface area contributed by atoms with Gasteiger partial charge in [-0.1, -0.05) is 162 Å². The van der Waals surface area contributed by atoms with Crippen LogP contribution in [0.1, 0.15) is 181 Å². The highest BCUT2D eigenvalue weighted by atomic mass is 16.3. The van der Waals surface area contributed by atoms with Gasteiger partial charge in [-0.3, -0.25) is 4.90 Å². The molecule has 34 heavy (non-hydrogen) atoms. The second-order valence-corrected chi connectivity index (χ2v) is 10.8. The number of aliphatic hydroxyl groups excluding tert-OH is 2. The number of nitrogens with zero attached hydrogens (tertiary/aromatic N) is 1. The van der Waals surface area contributed by atoms with E-state index in [9.17, 15) is 10.2 Å². The monoisotopic (exact) mass is 484 g/mol. The van der Waals surface area contributed by atoms with E-state index in [1.807, 2.05) is 18.7 Å². The first-order valence-corrected chi connectivity index (χ1v) is 15.8. The summed E-state index contributed by atoms with van der Waals surface area (Å²) in [5, 5.41) is 20.1. The van der Waals surface area contributed by atoms with Crippen molar-refractivity contribution in [2.45, 2.75) is 194 Å². The molecule has 0 spiro atoms. The van der Waals surface area contributed by atoms with E-state index in [0.29, 0.717) is 12.8 Å². The van der Waals surface area contributed by atoms with E-state index in [1.165, 1.54) is 141 Å². The Morgan fingerprint density at radius 3 is 0.853 bits per heavy atom. The van der Waals surface area contributed by atoms with Crippen LogP contribution in [0.4, 0.5) is 0 Å². The lowest BCUT2D eigenvalue weighted by molar-refractivity contribution is -0.104. The van der Waals surface area contributed by atoms with Crippen molar-refractivity contribution in [3.8, 4) is 0 Å². The van der Waals surface area contributed by atoms with Gasteiger partial charge in [-0.2, -0.15) is 0 Å². The van der Waals surface area contributed by atoms with Crippen molar-refractivity contribution in [3.63, 3.8) is 0 Å². The average Bonchev–Trinajstić information content (AvgIpc) is 2.85. The fourth-order valence-corrected chi connectivity index (χ4v) is 5.05. The Morgan fingerprint density at radius 2 is 0.618 bits per heavy atom. The Kier molecular flexibility index (Phi) is 27.4. The Balaban J connectivity index is 3.24. The lowest BCUT2D eigenvalue weighted by Gasteiger charge is -2.31. The van der Waals surface area contributed by atoms with E-state index in [1.54, 1.807) is 0 Å². The van der Waals surface area contributed by atoms with Gasteiger partial charge in [-0.05, 0) is 19.3 Å². The Morgan fingerprint density at radius 1 is 0.382 bits per heavy atom. The van der Waals surface area contributed by atoms with E-state index >= 15 is 0 Å². The molecule has 0 aromatic rings. The highest BCUT2D eigenvalue weighted by Gasteiger charge is 2.19. The van der Waals surface area contributed by atoms with Crippen LogP contribution in [-0.2, 0) is 0 Å². The molecular formula is C31H65NO2. The molecule has 0 rings (SSSR count). The van der Waals surface area contributed by atoms with E-state index in [0.717, 1.165) is 13.0 Å². The molecule has 0 amide bonds. The molecule has 0 aliphatic rings. The standard InChI is InChI=1S/C31H65NO2/c1-4-7-8-9-10-11-12-13-14-15-16-17-18-19-20-21-22-23-24-25-26-27-28-29-32(30(33)5-2)31(34)6-3/h30-31,33-34H,4-29H2,1-3H3. The molecule has 2 N–H and O–H groups in total. The molecule has 3 nitrogen and oxygen atoms in total. The summed E-state index contributed by atoms with van der Waals surface area (Å²) in [5.74, 6) is 0. The van der Waals surface area contributed by atoms with Gasteiger partial charge in [0.1, 0.15) is 12.5 Å². The molecule has 0 aliphatic carbocycles. The zero-order valence-electron chi connectivity index (χ0n) is 23.9. The zero-order chi connectivity index (χ0) is 25.1. The molecule has 0 saturated heterocycles. The summed E-state index contributed by atoms with van der Waals surface area (Å²) in [6.45, 7) is 7.05. The molecule has 0 aromatic heterocycles. The fourth-order valence-electron chi connectivity index (χ4n) is 5.05. The highest BCUT2D eigenvalue weighted by molar-refractivity contribution is 4.64. The Labute approximate surface area is 215 Å². The molecule has 2 unspecified atom stereocenters. The Bertz CT molecular complexity index is 366. The lowest BCUT2D eigenvalue weighted by atomic mass is 10.0. The molecule has 0 radical (unpaired) electrons. The predicted molar refractivity (Wildman–Crippen MR) is 151 cm³/mol. The van der Waals surface area contributed by atoms with Crippen LogP contribution in [0, 0.1) is 0 Å². The summed E-state index contributed by atoms with van der Waals surface area (Å²) in [6, 6.07) is 0. The van der Waals surface area contributed by atoms with Crippen LogP contribution in [0.15, 0.2) is 0 Å². The molecule has 0 fully saturated rings. The first kappa shape index (κ1) is 33.9. The molecule has 3 heteroatoms. The van der Waals surface area contributed by atoms with Crippen LogP contribution < -0.4 is 0 Å². The van der Waals surface area contributed by atoms with E-state index in [4.69, 9.17) is 0 Å². The summed E-state index contributed by atoms with van der Waals surface area (Å²) in [6.07, 6.45) is 32.6. The van der Waals surface area contributed by atoms with Crippen molar-refractivity contribution in [1.29, 1.82) is 0 Å². The summed E-state index contributed by atoms with van der Waals surface area (Å²) >= 11 is 0. The molecule has 0 heterocycles. The number of hydrogen-bond donors (Lipinski definition) is 2. The second kappa shape index (κ2) is 27.5. The van der Waals surface area contributed by atoms with Gasteiger partial charge in [0.2, 0.25) is 0 Å². The molecule has 0 aromatic carbocycles. The third kappa shape index (κ3) is 22.4. The molecule has 2 atom stereocenters. The molecule has 0 saturated carbocycles. The SMILES string of the molecule is CCCCCCCCCCCCCCCCCCCCCCCCCN(C(O)CC)C(O)CC. The van der Waals surface area contributed by atoms with Gasteiger partial charge >= 0.3 is 0 Å². The third-order valence-corrected chi connectivity index (χ3v) is 7.52. The van der Waals surface area contributed by atoms with Gasteiger partial charge in [-0.25, -0.2) is 0 Å². The quantitative estimate of drug-likeness (QED) is 0.0859. The van der Waals surface area contributed by atoms with Gasteiger partial charge in [-0.15, -0.1) is 0 Å². The summed E-state index contributed by atoms with van der Waals surface area (Å²) in [7, 11) is 0. The maximum absolute atomic E-state index is 10.1. The van der Waals surface area contributed by atoms with Crippen LogP contribution in [0.3, 0.4) is 0 Å². The zero-order valence-corrected chi connectivity index (χ0v) is 23.9. The van der Waals surface area contributed by atoms with Crippen molar-refractivity contribution in [3.05, 3.63) is 0 Å². The fraction of sp³-hybridized carbons (Fsp3) is 1.00. The first-order chi connectivity index (χ1) is 16.7. The van der Waals surface area contributed by atoms with Crippen molar-refractivity contribution < 1.29 is 10.2 Å². The van der Waals surface area contributed by atoms with Gasteiger partial charge in [0.25, 0.3) is 0 Å². The van der Waals surface area contributed by atoms with Crippen LogP contribution in [-0.4, -0.2) is 34.1 Å². The van der Waals surface area contributed by atoms with E-state index < -0.39 is 12.5 Å². The van der Waals surface area contributed by atoms with Crippen LogP contribution in [0.5, 0.6) is 0 Å². The van der Waals surface area contributed by atoms with Crippen molar-refractivity contribution in [2.75, 3.05) is 6.54 Å². The third-order valence-electron chi connectivity index (χ3n) is 7.52. The van der Waals surface area contributed by atoms with Crippen LogP contribution >= 0.6 is 0 Å². The van der Waals surface area contributed by atoms with Crippen molar-refractivity contribution in [2.24, 2.45) is 0 Å². The van der Waals surface area contributed by atoms with Gasteiger partial charge < -0.3 is 10.2 Å². The van der Waals surface area contributed by atoms with Gasteiger partial charge in [0.05, 0.1) is 0 Å². The van der Waals surface area contributed by atoms with E-state index in [2.05, 4.69) is 6.92 Å². The highest BCUT2D eigenvalue weighted by Crippen LogP contribution is 2.16. The van der Waals surface area contributed by atoms with Crippen molar-refractivity contribution in [1.82, 2.24) is 4.90 Å². The maximum Gasteiger partial charge on any atom is 0.109 e. The van der Waals surface area contributed by atoms with E-state index in [-0.39, 0.29) is 0 Å². The van der Waals surface area contributed by atoms with Gasteiger partial charge in [0, 0.05) is 6.54 Å². The normalized spacial score (nSPS) is 13.6. The van der Waals surface area contributed by atoms with Gasteiger partial charge in [0.15, 0.2) is 0 Å². The molecule has 0 bridgehead atoms. The summed E-state index contributed by atoms with van der Waals surface area (Å²) < 4.78 is 0. The van der Waals surface area contributed by atoms with Crippen LogP contribution in [0.2, 0.25) is 0 Å². The lowest BCUT2D eigenvalue weighted by Crippen LogP contribution is -2.43. The minimum atomic E-state index is -0.505. The summed E-state index contributed by atoms with van der Waals surface area (Å²) in [4.78, 5) is 1.86. The number of unbranched alkanes of at least 4 members (excludes halogenated alkanes) is 22. The molecule has 0 aliphatic heterocycles.